The third-order valence-electron chi connectivity index (χ3n) is 4.92. The predicted octanol–water partition coefficient (Wildman–Crippen LogP) is 4.24. The van der Waals surface area contributed by atoms with Crippen molar-refractivity contribution in [3.8, 4) is 17.2 Å². The number of methoxy groups -OCH3 is 4. The van der Waals surface area contributed by atoms with E-state index in [0.717, 1.165) is 0 Å². The molecule has 7 nitrogen and oxygen atoms in total. The van der Waals surface area contributed by atoms with Crippen LogP contribution in [0.1, 0.15) is 12.5 Å². The average Bonchev–Trinajstić information content (AvgIpc) is 3.02. The summed E-state index contributed by atoms with van der Waals surface area (Å²) in [6.45, 7) is 1.67. The Morgan fingerprint density at radius 1 is 1.00 bits per heavy atom. The lowest BCUT2D eigenvalue weighted by atomic mass is 10.0. The van der Waals surface area contributed by atoms with Crippen molar-refractivity contribution in [2.45, 2.75) is 6.92 Å². The van der Waals surface area contributed by atoms with Gasteiger partial charge in [-0.3, -0.25) is 9.69 Å². The van der Waals surface area contributed by atoms with Gasteiger partial charge in [0.1, 0.15) is 5.75 Å². The summed E-state index contributed by atoms with van der Waals surface area (Å²) in [5.74, 6) is 0.397. The molecule has 0 atom stereocenters. The highest BCUT2D eigenvalue weighted by atomic mass is 35.5. The molecule has 0 aromatic heterocycles. The summed E-state index contributed by atoms with van der Waals surface area (Å²) >= 11 is 6.25. The lowest BCUT2D eigenvalue weighted by Crippen LogP contribution is -2.24. The lowest BCUT2D eigenvalue weighted by molar-refractivity contribution is -0.136. The Labute approximate surface area is 185 Å². The molecule has 0 radical (unpaired) electrons. The van der Waals surface area contributed by atoms with E-state index in [9.17, 15) is 9.59 Å². The van der Waals surface area contributed by atoms with Crippen LogP contribution in [0.4, 0.5) is 5.69 Å². The fourth-order valence-electron chi connectivity index (χ4n) is 3.47. The van der Waals surface area contributed by atoms with E-state index in [4.69, 9.17) is 30.5 Å². The van der Waals surface area contributed by atoms with Gasteiger partial charge in [-0.2, -0.15) is 0 Å². The number of carbonyl (C=O) groups excluding carboxylic acids is 2. The summed E-state index contributed by atoms with van der Waals surface area (Å²) in [7, 11) is 5.80. The molecule has 0 fully saturated rings. The quantitative estimate of drug-likeness (QED) is 0.491. The summed E-state index contributed by atoms with van der Waals surface area (Å²) < 4.78 is 20.9. The molecule has 1 aliphatic heterocycles. The van der Waals surface area contributed by atoms with E-state index in [2.05, 4.69) is 0 Å². The molecular weight excluding hydrogens is 422 g/mol. The van der Waals surface area contributed by atoms with Gasteiger partial charge in [-0.1, -0.05) is 23.7 Å². The van der Waals surface area contributed by atoms with E-state index in [0.29, 0.717) is 39.2 Å². The number of benzene rings is 2. The number of ether oxygens (including phenoxy) is 4. The zero-order valence-electron chi connectivity index (χ0n) is 17.8. The molecule has 31 heavy (non-hydrogen) atoms. The Balaban J connectivity index is 2.18. The third kappa shape index (κ3) is 3.96. The van der Waals surface area contributed by atoms with Crippen LogP contribution in [0.5, 0.6) is 17.2 Å². The molecule has 0 saturated heterocycles. The van der Waals surface area contributed by atoms with Gasteiger partial charge in [0.25, 0.3) is 5.91 Å². The van der Waals surface area contributed by atoms with Gasteiger partial charge in [0.2, 0.25) is 0 Å². The highest BCUT2D eigenvalue weighted by molar-refractivity contribution is 6.32. The molecule has 0 N–H and O–H groups in total. The van der Waals surface area contributed by atoms with E-state index < -0.39 is 11.9 Å². The van der Waals surface area contributed by atoms with E-state index in [-0.39, 0.29) is 11.1 Å². The number of halogens is 1. The molecule has 162 valence electrons. The number of amides is 1. The number of carbonyl (C=O) groups is 2. The molecule has 1 heterocycles. The molecule has 2 aromatic rings. The number of rotatable bonds is 6. The first-order valence-electron chi connectivity index (χ1n) is 9.28. The van der Waals surface area contributed by atoms with Gasteiger partial charge in [0, 0.05) is 11.3 Å². The van der Waals surface area contributed by atoms with Crippen LogP contribution in [0.15, 0.2) is 53.2 Å². The average molecular weight is 444 g/mol. The molecule has 0 bridgehead atoms. The first kappa shape index (κ1) is 22.2. The van der Waals surface area contributed by atoms with Crippen LogP contribution < -0.4 is 19.1 Å². The zero-order valence-corrected chi connectivity index (χ0v) is 18.6. The standard InChI is InChI=1S/C23H22ClNO6/c1-13-20(23(27)31-5)16(11-14-7-6-8-19(29-3)21(14)30-4)22(26)25(13)15-9-10-18(28-2)17(24)12-15/h6-12H,1-5H3/b16-11-. The van der Waals surface area contributed by atoms with Crippen molar-refractivity contribution in [2.24, 2.45) is 0 Å². The number of allylic oxidation sites excluding steroid dienone is 1. The fourth-order valence-corrected chi connectivity index (χ4v) is 3.72. The Morgan fingerprint density at radius 2 is 1.71 bits per heavy atom. The number of anilines is 1. The summed E-state index contributed by atoms with van der Waals surface area (Å²) in [6.07, 6.45) is 1.59. The normalized spacial score (nSPS) is 14.8. The van der Waals surface area contributed by atoms with Gasteiger partial charge in [-0.15, -0.1) is 0 Å². The molecule has 1 aliphatic rings. The van der Waals surface area contributed by atoms with Crippen molar-refractivity contribution in [3.05, 3.63) is 63.8 Å². The topological polar surface area (TPSA) is 74.3 Å². The van der Waals surface area contributed by atoms with Crippen molar-refractivity contribution >= 4 is 35.2 Å². The first-order valence-corrected chi connectivity index (χ1v) is 9.65. The molecule has 0 saturated carbocycles. The first-order chi connectivity index (χ1) is 14.9. The minimum atomic E-state index is -0.624. The largest absolute Gasteiger partial charge is 0.495 e. The monoisotopic (exact) mass is 443 g/mol. The molecule has 2 aromatic carbocycles. The van der Waals surface area contributed by atoms with E-state index in [1.54, 1.807) is 49.4 Å². The number of para-hydroxylation sites is 1. The van der Waals surface area contributed by atoms with Gasteiger partial charge in [0.05, 0.1) is 50.3 Å². The fraction of sp³-hybridized carbons (Fsp3) is 0.217. The van der Waals surface area contributed by atoms with Crippen molar-refractivity contribution in [2.75, 3.05) is 33.3 Å². The van der Waals surface area contributed by atoms with Gasteiger partial charge in [-0.05, 0) is 37.3 Å². The highest BCUT2D eigenvalue weighted by Crippen LogP contribution is 2.40. The Bertz CT molecular complexity index is 1110. The number of nitrogens with zero attached hydrogens (tertiary/aromatic N) is 1. The van der Waals surface area contributed by atoms with Crippen molar-refractivity contribution in [3.63, 3.8) is 0 Å². The maximum atomic E-state index is 13.4. The minimum Gasteiger partial charge on any atom is -0.495 e. The van der Waals surface area contributed by atoms with Gasteiger partial charge in [-0.25, -0.2) is 4.79 Å². The molecule has 8 heteroatoms. The maximum Gasteiger partial charge on any atom is 0.340 e. The molecule has 0 unspecified atom stereocenters. The van der Waals surface area contributed by atoms with E-state index in [1.165, 1.54) is 33.3 Å². The minimum absolute atomic E-state index is 0.157. The molecule has 1 amide bonds. The van der Waals surface area contributed by atoms with Crippen molar-refractivity contribution < 1.29 is 28.5 Å². The predicted molar refractivity (Wildman–Crippen MR) is 118 cm³/mol. The van der Waals surface area contributed by atoms with Crippen LogP contribution >= 0.6 is 11.6 Å². The number of esters is 1. The van der Waals surface area contributed by atoms with Crippen LogP contribution in [0.25, 0.3) is 6.08 Å². The maximum absolute atomic E-state index is 13.4. The Morgan fingerprint density at radius 3 is 2.29 bits per heavy atom. The van der Waals surface area contributed by atoms with Crippen LogP contribution in [-0.4, -0.2) is 40.3 Å². The van der Waals surface area contributed by atoms with Crippen LogP contribution in [0, 0.1) is 0 Å². The van der Waals surface area contributed by atoms with E-state index in [1.807, 2.05) is 0 Å². The summed E-state index contributed by atoms with van der Waals surface area (Å²) in [6, 6.07) is 10.2. The molecule has 3 rings (SSSR count). The van der Waals surface area contributed by atoms with Crippen LogP contribution in [0.2, 0.25) is 5.02 Å². The Kier molecular flexibility index (Phi) is 6.56. The molecular formula is C23H22ClNO6. The number of hydrogen-bond donors (Lipinski definition) is 0. The molecule has 0 aliphatic carbocycles. The second-order valence-corrected chi connectivity index (χ2v) is 6.96. The highest BCUT2D eigenvalue weighted by Gasteiger charge is 2.38. The smallest absolute Gasteiger partial charge is 0.340 e. The van der Waals surface area contributed by atoms with Gasteiger partial charge in [0.15, 0.2) is 11.5 Å². The summed E-state index contributed by atoms with van der Waals surface area (Å²) in [5, 5.41) is 0.340. The third-order valence-corrected chi connectivity index (χ3v) is 5.21. The van der Waals surface area contributed by atoms with Crippen LogP contribution in [-0.2, 0) is 14.3 Å². The summed E-state index contributed by atoms with van der Waals surface area (Å²) in [5.41, 5.74) is 1.82. The van der Waals surface area contributed by atoms with E-state index >= 15 is 0 Å². The van der Waals surface area contributed by atoms with Crippen molar-refractivity contribution in [1.82, 2.24) is 0 Å². The van der Waals surface area contributed by atoms with Crippen molar-refractivity contribution in [1.29, 1.82) is 0 Å². The SMILES string of the molecule is COC(=O)C1=C(C)N(c2ccc(OC)c(Cl)c2)C(=O)/C1=C\c1cccc(OC)c1OC. The number of hydrogen-bond acceptors (Lipinski definition) is 6. The second-order valence-electron chi connectivity index (χ2n) is 6.55. The zero-order chi connectivity index (χ0) is 22.7. The Hall–Kier alpha value is -3.45. The summed E-state index contributed by atoms with van der Waals surface area (Å²) in [4.78, 5) is 27.4. The van der Waals surface area contributed by atoms with Gasteiger partial charge >= 0.3 is 5.97 Å². The van der Waals surface area contributed by atoms with Crippen LogP contribution in [0.3, 0.4) is 0 Å². The van der Waals surface area contributed by atoms with Gasteiger partial charge < -0.3 is 18.9 Å². The second kappa shape index (κ2) is 9.14. The lowest BCUT2D eigenvalue weighted by Gasteiger charge is -2.19. The molecule has 0 spiro atoms.